The smallest absolute Gasteiger partial charge is 0.224 e. The van der Waals surface area contributed by atoms with Gasteiger partial charge in [0.25, 0.3) is 0 Å². The summed E-state index contributed by atoms with van der Waals surface area (Å²) in [6.07, 6.45) is 1.01. The molecule has 0 radical (unpaired) electrons. The van der Waals surface area contributed by atoms with Gasteiger partial charge in [-0.25, -0.2) is 21.6 Å². The Hall–Kier alpha value is -2.19. The minimum atomic E-state index is -4.03. The summed E-state index contributed by atoms with van der Waals surface area (Å²) in [5.41, 5.74) is 1.91. The third-order valence-electron chi connectivity index (χ3n) is 4.50. The van der Waals surface area contributed by atoms with Crippen molar-refractivity contribution in [3.8, 4) is 0 Å². The van der Waals surface area contributed by atoms with Gasteiger partial charge in [0.05, 0.1) is 9.92 Å². The highest BCUT2D eigenvalue weighted by molar-refractivity contribution is 7.91. The lowest BCUT2D eigenvalue weighted by atomic mass is 9.92. The molecule has 3 rings (SSSR count). The molecule has 0 spiro atoms. The summed E-state index contributed by atoms with van der Waals surface area (Å²) in [5, 5.41) is -0.0409. The molecule has 1 N–H and O–H groups in total. The monoisotopic (exact) mass is 449 g/mol. The van der Waals surface area contributed by atoms with Crippen LogP contribution in [0.4, 0.5) is 0 Å². The Labute approximate surface area is 176 Å². The van der Waals surface area contributed by atoms with E-state index in [2.05, 4.69) is 4.72 Å². The largest absolute Gasteiger partial charge is 0.242 e. The number of halogens is 1. The van der Waals surface area contributed by atoms with Crippen LogP contribution < -0.4 is 4.72 Å². The normalized spacial score (nSPS) is 12.2. The van der Waals surface area contributed by atoms with Gasteiger partial charge in [-0.05, 0) is 29.3 Å². The number of sulfone groups is 1. The number of rotatable bonds is 7. The molecule has 5 nitrogen and oxygen atoms in total. The zero-order chi connectivity index (χ0) is 21.1. The molecule has 8 heteroatoms. The summed E-state index contributed by atoms with van der Waals surface area (Å²) in [4.78, 5) is -0.369. The first-order valence-corrected chi connectivity index (χ1v) is 12.5. The van der Waals surface area contributed by atoms with Crippen LogP contribution >= 0.6 is 11.6 Å². The Balaban J connectivity index is 1.94. The lowest BCUT2D eigenvalue weighted by molar-refractivity contribution is 0.577. The van der Waals surface area contributed by atoms with E-state index >= 15 is 0 Å². The molecule has 29 heavy (non-hydrogen) atoms. The summed E-state index contributed by atoms with van der Waals surface area (Å²) < 4.78 is 52.0. The standard InChI is InChI=1S/C21H20ClNO4S2/c1-28(24,25)18-12-13-20(22)21(14-18)29(26,27)23-15-19(16-8-4-2-5-9-16)17-10-6-3-7-11-17/h2-14,19,23H,15H2,1H3. The molecule has 0 heterocycles. The van der Waals surface area contributed by atoms with Gasteiger partial charge in [-0.3, -0.25) is 0 Å². The highest BCUT2D eigenvalue weighted by Crippen LogP contribution is 2.27. The van der Waals surface area contributed by atoms with Crippen molar-refractivity contribution in [2.45, 2.75) is 15.7 Å². The quantitative estimate of drug-likeness (QED) is 0.594. The topological polar surface area (TPSA) is 80.3 Å². The molecule has 0 saturated carbocycles. The van der Waals surface area contributed by atoms with Crippen molar-refractivity contribution < 1.29 is 16.8 Å². The predicted octanol–water partition coefficient (Wildman–Crippen LogP) is 3.85. The second kappa shape index (κ2) is 8.67. The Bertz CT molecular complexity index is 1160. The number of benzene rings is 3. The highest BCUT2D eigenvalue weighted by atomic mass is 35.5. The summed E-state index contributed by atoms with van der Waals surface area (Å²) in [5.74, 6) is -0.218. The molecule has 0 aromatic heterocycles. The fourth-order valence-corrected chi connectivity index (χ4v) is 5.28. The van der Waals surface area contributed by atoms with E-state index in [1.165, 1.54) is 12.1 Å². The minimum absolute atomic E-state index is 0.0409. The van der Waals surface area contributed by atoms with Gasteiger partial charge in [0.15, 0.2) is 9.84 Å². The summed E-state index contributed by atoms with van der Waals surface area (Å²) in [7, 11) is -7.60. The molecule has 0 unspecified atom stereocenters. The molecule has 0 aliphatic rings. The van der Waals surface area contributed by atoms with Gasteiger partial charge in [0.1, 0.15) is 4.90 Å². The van der Waals surface area contributed by atoms with Crippen LogP contribution in [0.25, 0.3) is 0 Å². The Morgan fingerprint density at radius 1 is 0.828 bits per heavy atom. The van der Waals surface area contributed by atoms with E-state index in [1.54, 1.807) is 0 Å². The molecule has 0 saturated heterocycles. The fourth-order valence-electron chi connectivity index (χ4n) is 2.99. The molecular weight excluding hydrogens is 430 g/mol. The fraction of sp³-hybridized carbons (Fsp3) is 0.143. The molecule has 3 aromatic rings. The molecule has 0 amide bonds. The molecular formula is C21H20ClNO4S2. The van der Waals surface area contributed by atoms with Crippen LogP contribution in [0.1, 0.15) is 17.0 Å². The third-order valence-corrected chi connectivity index (χ3v) is 7.52. The maximum absolute atomic E-state index is 12.9. The van der Waals surface area contributed by atoms with Gasteiger partial charge in [-0.15, -0.1) is 0 Å². The number of hydrogen-bond donors (Lipinski definition) is 1. The minimum Gasteiger partial charge on any atom is -0.224 e. The highest BCUT2D eigenvalue weighted by Gasteiger charge is 2.23. The molecule has 152 valence electrons. The van der Waals surface area contributed by atoms with Crippen LogP contribution in [0, 0.1) is 0 Å². The Kier molecular flexibility index (Phi) is 6.43. The van der Waals surface area contributed by atoms with Crippen molar-refractivity contribution in [1.29, 1.82) is 0 Å². The van der Waals surface area contributed by atoms with Crippen molar-refractivity contribution >= 4 is 31.5 Å². The van der Waals surface area contributed by atoms with Crippen LogP contribution in [0.2, 0.25) is 5.02 Å². The first-order chi connectivity index (χ1) is 13.7. The van der Waals surface area contributed by atoms with E-state index in [0.717, 1.165) is 23.4 Å². The SMILES string of the molecule is CS(=O)(=O)c1ccc(Cl)c(S(=O)(=O)NCC(c2ccccc2)c2ccccc2)c1. The molecule has 0 aliphatic heterocycles. The first kappa shape index (κ1) is 21.5. The molecule has 0 aliphatic carbocycles. The lowest BCUT2D eigenvalue weighted by Gasteiger charge is -2.19. The van der Waals surface area contributed by atoms with E-state index in [1.807, 2.05) is 60.7 Å². The maximum atomic E-state index is 12.9. The van der Waals surface area contributed by atoms with E-state index in [0.29, 0.717) is 0 Å². The van der Waals surface area contributed by atoms with E-state index in [-0.39, 0.29) is 27.3 Å². The van der Waals surface area contributed by atoms with E-state index in [9.17, 15) is 16.8 Å². The number of hydrogen-bond acceptors (Lipinski definition) is 4. The molecule has 0 bridgehead atoms. The van der Waals surface area contributed by atoms with Gasteiger partial charge in [0, 0.05) is 18.7 Å². The second-order valence-corrected chi connectivity index (χ2v) is 10.7. The summed E-state index contributed by atoms with van der Waals surface area (Å²) in [6.45, 7) is 0.0930. The lowest BCUT2D eigenvalue weighted by Crippen LogP contribution is -2.29. The average Bonchev–Trinajstić information content (AvgIpc) is 2.69. The molecule has 0 fully saturated rings. The number of sulfonamides is 1. The first-order valence-electron chi connectivity index (χ1n) is 8.77. The van der Waals surface area contributed by atoms with Crippen molar-refractivity contribution in [3.63, 3.8) is 0 Å². The zero-order valence-electron chi connectivity index (χ0n) is 15.6. The van der Waals surface area contributed by atoms with Crippen LogP contribution in [-0.4, -0.2) is 29.6 Å². The van der Waals surface area contributed by atoms with Crippen molar-refractivity contribution in [3.05, 3.63) is 95.0 Å². The zero-order valence-corrected chi connectivity index (χ0v) is 18.0. The third kappa shape index (κ3) is 5.25. The Morgan fingerprint density at radius 3 is 1.83 bits per heavy atom. The van der Waals surface area contributed by atoms with Crippen LogP contribution in [0.3, 0.4) is 0 Å². The Morgan fingerprint density at radius 2 is 1.34 bits per heavy atom. The van der Waals surface area contributed by atoms with Crippen molar-refractivity contribution in [1.82, 2.24) is 4.72 Å². The average molecular weight is 450 g/mol. The van der Waals surface area contributed by atoms with Gasteiger partial charge < -0.3 is 0 Å². The number of nitrogens with one attached hydrogen (secondary N) is 1. The van der Waals surface area contributed by atoms with Gasteiger partial charge >= 0.3 is 0 Å². The van der Waals surface area contributed by atoms with E-state index < -0.39 is 19.9 Å². The van der Waals surface area contributed by atoms with Gasteiger partial charge in [-0.2, -0.15) is 0 Å². The van der Waals surface area contributed by atoms with Crippen molar-refractivity contribution in [2.75, 3.05) is 12.8 Å². The van der Waals surface area contributed by atoms with Crippen molar-refractivity contribution in [2.24, 2.45) is 0 Å². The van der Waals surface area contributed by atoms with Gasteiger partial charge in [-0.1, -0.05) is 72.3 Å². The summed E-state index contributed by atoms with van der Waals surface area (Å²) >= 11 is 6.07. The maximum Gasteiger partial charge on any atom is 0.242 e. The van der Waals surface area contributed by atoms with Crippen LogP contribution in [0.15, 0.2) is 88.7 Å². The van der Waals surface area contributed by atoms with Crippen LogP contribution in [0.5, 0.6) is 0 Å². The summed E-state index contributed by atoms with van der Waals surface area (Å²) in [6, 6.07) is 22.7. The second-order valence-electron chi connectivity index (χ2n) is 6.59. The van der Waals surface area contributed by atoms with Gasteiger partial charge in [0.2, 0.25) is 10.0 Å². The molecule has 3 aromatic carbocycles. The van der Waals surface area contributed by atoms with E-state index in [4.69, 9.17) is 11.6 Å². The predicted molar refractivity (Wildman–Crippen MR) is 114 cm³/mol. The molecule has 0 atom stereocenters. The van der Waals surface area contributed by atoms with Crippen LogP contribution in [-0.2, 0) is 19.9 Å².